The van der Waals surface area contributed by atoms with Crippen molar-refractivity contribution in [2.24, 2.45) is 11.7 Å². The second-order valence-electron chi connectivity index (χ2n) is 5.68. The van der Waals surface area contributed by atoms with Gasteiger partial charge in [-0.25, -0.2) is 4.39 Å². The van der Waals surface area contributed by atoms with Gasteiger partial charge in [0.05, 0.1) is 0 Å². The highest BCUT2D eigenvalue weighted by Crippen LogP contribution is 2.25. The molecule has 0 aromatic heterocycles. The summed E-state index contributed by atoms with van der Waals surface area (Å²) in [5, 5.41) is 0. The van der Waals surface area contributed by atoms with Crippen LogP contribution < -0.4 is 5.73 Å². The van der Waals surface area contributed by atoms with Crippen molar-refractivity contribution in [1.29, 1.82) is 0 Å². The number of hydrogen-bond acceptors (Lipinski definition) is 2. The maximum atomic E-state index is 12.8. The van der Waals surface area contributed by atoms with Crippen LogP contribution in [0.25, 0.3) is 0 Å². The van der Waals surface area contributed by atoms with Gasteiger partial charge in [0.25, 0.3) is 0 Å². The molecule has 0 heterocycles. The van der Waals surface area contributed by atoms with Gasteiger partial charge in [0, 0.05) is 4.75 Å². The summed E-state index contributed by atoms with van der Waals surface area (Å²) >= 11 is 1.97. The van der Waals surface area contributed by atoms with Gasteiger partial charge in [-0.05, 0) is 48.8 Å². The van der Waals surface area contributed by atoms with Crippen LogP contribution >= 0.6 is 11.8 Å². The zero-order valence-corrected chi connectivity index (χ0v) is 12.4. The Morgan fingerprint density at radius 1 is 1.22 bits per heavy atom. The molecule has 0 saturated carbocycles. The molecule has 0 fully saturated rings. The monoisotopic (exact) mass is 269 g/mol. The van der Waals surface area contributed by atoms with E-state index in [1.54, 1.807) is 0 Å². The Labute approximate surface area is 114 Å². The Morgan fingerprint density at radius 3 is 2.33 bits per heavy atom. The van der Waals surface area contributed by atoms with Gasteiger partial charge < -0.3 is 5.73 Å². The summed E-state index contributed by atoms with van der Waals surface area (Å²) in [5.41, 5.74) is 6.99. The van der Waals surface area contributed by atoms with E-state index in [1.807, 2.05) is 23.9 Å². The van der Waals surface area contributed by atoms with Crippen LogP contribution in [0, 0.1) is 11.7 Å². The average Bonchev–Trinajstić information content (AvgIpc) is 2.29. The molecule has 0 radical (unpaired) electrons. The van der Waals surface area contributed by atoms with E-state index in [9.17, 15) is 4.39 Å². The van der Waals surface area contributed by atoms with E-state index >= 15 is 0 Å². The van der Waals surface area contributed by atoms with Gasteiger partial charge in [-0.3, -0.25) is 0 Å². The fraction of sp³-hybridized carbons (Fsp3) is 0.600. The van der Waals surface area contributed by atoms with Gasteiger partial charge in [0.2, 0.25) is 0 Å². The van der Waals surface area contributed by atoms with E-state index in [1.165, 1.54) is 17.7 Å². The smallest absolute Gasteiger partial charge is 0.123 e. The third-order valence-corrected chi connectivity index (χ3v) is 4.14. The first kappa shape index (κ1) is 15.5. The Balaban J connectivity index is 2.40. The van der Waals surface area contributed by atoms with Gasteiger partial charge in [-0.15, -0.1) is 0 Å². The van der Waals surface area contributed by atoms with Crippen molar-refractivity contribution in [3.8, 4) is 0 Å². The molecular formula is C15H24FNS. The van der Waals surface area contributed by atoms with Crippen molar-refractivity contribution in [3.05, 3.63) is 35.6 Å². The lowest BCUT2D eigenvalue weighted by Gasteiger charge is -2.20. The van der Waals surface area contributed by atoms with Crippen molar-refractivity contribution >= 4 is 11.8 Å². The zero-order valence-electron chi connectivity index (χ0n) is 11.6. The van der Waals surface area contributed by atoms with E-state index in [0.29, 0.717) is 17.2 Å². The maximum Gasteiger partial charge on any atom is 0.123 e. The number of benzene rings is 1. The molecule has 0 saturated heterocycles. The molecule has 0 aliphatic heterocycles. The number of hydrogen-bond donors (Lipinski definition) is 1. The maximum absolute atomic E-state index is 12.8. The van der Waals surface area contributed by atoms with E-state index in [2.05, 4.69) is 20.8 Å². The molecule has 2 N–H and O–H groups in total. The van der Waals surface area contributed by atoms with Crippen molar-refractivity contribution in [3.63, 3.8) is 0 Å². The third-order valence-electron chi connectivity index (χ3n) is 2.83. The van der Waals surface area contributed by atoms with Crippen LogP contribution in [0.3, 0.4) is 0 Å². The first-order valence-electron chi connectivity index (χ1n) is 6.49. The molecule has 0 bridgehead atoms. The molecule has 1 atom stereocenters. The fourth-order valence-corrected chi connectivity index (χ4v) is 2.85. The molecular weight excluding hydrogens is 245 g/mol. The Morgan fingerprint density at radius 2 is 1.83 bits per heavy atom. The van der Waals surface area contributed by atoms with E-state index in [-0.39, 0.29) is 5.82 Å². The molecule has 0 spiro atoms. The van der Waals surface area contributed by atoms with Gasteiger partial charge >= 0.3 is 0 Å². The molecule has 0 amide bonds. The summed E-state index contributed by atoms with van der Waals surface area (Å²) in [4.78, 5) is 0. The third kappa shape index (κ3) is 6.41. The normalized spacial score (nSPS) is 13.6. The summed E-state index contributed by atoms with van der Waals surface area (Å²) in [5.74, 6) is 1.45. The summed E-state index contributed by atoms with van der Waals surface area (Å²) in [7, 11) is 0. The molecule has 0 aliphatic rings. The summed E-state index contributed by atoms with van der Waals surface area (Å²) < 4.78 is 13.1. The van der Waals surface area contributed by atoms with Gasteiger partial charge in [-0.1, -0.05) is 32.9 Å². The van der Waals surface area contributed by atoms with Crippen LogP contribution in [0.4, 0.5) is 4.39 Å². The predicted octanol–water partition coefficient (Wildman–Crippen LogP) is 3.86. The molecule has 102 valence electrons. The minimum absolute atomic E-state index is 0.175. The predicted molar refractivity (Wildman–Crippen MR) is 79.5 cm³/mol. The van der Waals surface area contributed by atoms with E-state index in [0.717, 1.165) is 18.6 Å². The molecule has 1 rings (SSSR count). The van der Waals surface area contributed by atoms with Crippen molar-refractivity contribution in [1.82, 2.24) is 0 Å². The van der Waals surface area contributed by atoms with E-state index < -0.39 is 0 Å². The minimum Gasteiger partial charge on any atom is -0.330 e. The van der Waals surface area contributed by atoms with Crippen LogP contribution in [0.15, 0.2) is 24.3 Å². The summed E-state index contributed by atoms with van der Waals surface area (Å²) in [6, 6.07) is 6.75. The Hall–Kier alpha value is -0.540. The van der Waals surface area contributed by atoms with Crippen molar-refractivity contribution in [2.75, 3.05) is 12.3 Å². The van der Waals surface area contributed by atoms with E-state index in [4.69, 9.17) is 5.73 Å². The van der Waals surface area contributed by atoms with Crippen molar-refractivity contribution in [2.45, 2.75) is 38.4 Å². The molecule has 1 aromatic rings. The van der Waals surface area contributed by atoms with Gasteiger partial charge in [0.1, 0.15) is 5.82 Å². The topological polar surface area (TPSA) is 26.0 Å². The minimum atomic E-state index is -0.175. The van der Waals surface area contributed by atoms with Crippen LogP contribution in [-0.4, -0.2) is 17.0 Å². The van der Waals surface area contributed by atoms with Crippen LogP contribution in [0.2, 0.25) is 0 Å². The second kappa shape index (κ2) is 7.15. The first-order chi connectivity index (χ1) is 8.40. The molecule has 18 heavy (non-hydrogen) atoms. The molecule has 1 aromatic carbocycles. The largest absolute Gasteiger partial charge is 0.330 e. The Bertz CT molecular complexity index is 343. The highest BCUT2D eigenvalue weighted by Gasteiger charge is 2.13. The van der Waals surface area contributed by atoms with Crippen LogP contribution in [0.5, 0.6) is 0 Å². The van der Waals surface area contributed by atoms with Crippen LogP contribution in [0.1, 0.15) is 32.8 Å². The SMILES string of the molecule is CC(C)(C)SCCC(CN)Cc1ccc(F)cc1. The average molecular weight is 269 g/mol. The van der Waals surface area contributed by atoms with Gasteiger partial charge in [-0.2, -0.15) is 11.8 Å². The Kier molecular flexibility index (Phi) is 6.16. The zero-order chi connectivity index (χ0) is 13.6. The number of halogens is 1. The first-order valence-corrected chi connectivity index (χ1v) is 7.48. The fourth-order valence-electron chi connectivity index (χ4n) is 1.79. The number of thioether (sulfide) groups is 1. The standard InChI is InChI=1S/C15H24FNS/c1-15(2,3)18-9-8-13(11-17)10-12-4-6-14(16)7-5-12/h4-7,13H,8-11,17H2,1-3H3. The lowest BCUT2D eigenvalue weighted by atomic mass is 9.97. The summed E-state index contributed by atoms with van der Waals surface area (Å²) in [6.07, 6.45) is 2.07. The summed E-state index contributed by atoms with van der Waals surface area (Å²) in [6.45, 7) is 7.39. The lowest BCUT2D eigenvalue weighted by molar-refractivity contribution is 0.521. The highest BCUT2D eigenvalue weighted by atomic mass is 32.2. The lowest BCUT2D eigenvalue weighted by Crippen LogP contribution is -2.19. The van der Waals surface area contributed by atoms with Crippen molar-refractivity contribution < 1.29 is 4.39 Å². The quantitative estimate of drug-likeness (QED) is 0.848. The highest BCUT2D eigenvalue weighted by molar-refractivity contribution is 8.00. The molecule has 1 unspecified atom stereocenters. The molecule has 0 aliphatic carbocycles. The molecule has 1 nitrogen and oxygen atoms in total. The number of rotatable bonds is 6. The van der Waals surface area contributed by atoms with Crippen LogP contribution in [-0.2, 0) is 6.42 Å². The second-order valence-corrected chi connectivity index (χ2v) is 7.60. The molecule has 3 heteroatoms. The van der Waals surface area contributed by atoms with Gasteiger partial charge in [0.15, 0.2) is 0 Å². The number of nitrogens with two attached hydrogens (primary N) is 1.